The molecule has 2 aromatic rings. The van der Waals surface area contributed by atoms with Crippen LogP contribution in [-0.4, -0.2) is 39.6 Å². The van der Waals surface area contributed by atoms with Crippen molar-refractivity contribution in [2.45, 2.75) is 45.3 Å². The van der Waals surface area contributed by atoms with Crippen molar-refractivity contribution >= 4 is 5.91 Å². The normalized spacial score (nSPS) is 16.8. The number of aryl methyl sites for hydroxylation is 1. The summed E-state index contributed by atoms with van der Waals surface area (Å²) in [5.74, 6) is 1.14. The van der Waals surface area contributed by atoms with Gasteiger partial charge in [0.25, 0.3) is 0 Å². The van der Waals surface area contributed by atoms with E-state index >= 15 is 0 Å². The first-order valence-corrected chi connectivity index (χ1v) is 8.60. The molecule has 128 valence electrons. The maximum absolute atomic E-state index is 12.5. The third kappa shape index (κ3) is 4.16. The Kier molecular flexibility index (Phi) is 5.18. The van der Waals surface area contributed by atoms with Gasteiger partial charge in [0.2, 0.25) is 5.91 Å². The van der Waals surface area contributed by atoms with E-state index in [1.807, 2.05) is 34.7 Å². The zero-order valence-electron chi connectivity index (χ0n) is 14.4. The number of carbonyl (C=O) groups is 1. The Bertz CT molecular complexity index is 661. The first-order chi connectivity index (χ1) is 11.6. The highest BCUT2D eigenvalue weighted by atomic mass is 16.5. The van der Waals surface area contributed by atoms with E-state index < -0.39 is 0 Å². The van der Waals surface area contributed by atoms with E-state index in [1.165, 1.54) is 5.56 Å². The smallest absolute Gasteiger partial charge is 0.224 e. The molecule has 0 N–H and O–H groups in total. The number of likely N-dealkylation sites (tertiary alicyclic amines) is 1. The lowest BCUT2D eigenvalue weighted by Gasteiger charge is -2.33. The van der Waals surface area contributed by atoms with Crippen molar-refractivity contribution in [3.05, 3.63) is 48.5 Å². The molecule has 1 aromatic heterocycles. The van der Waals surface area contributed by atoms with Crippen molar-refractivity contribution in [2.24, 2.45) is 0 Å². The van der Waals surface area contributed by atoms with Crippen molar-refractivity contribution in [3.63, 3.8) is 0 Å². The van der Waals surface area contributed by atoms with E-state index in [9.17, 15) is 4.79 Å². The Balaban J connectivity index is 1.47. The summed E-state index contributed by atoms with van der Waals surface area (Å²) in [6.07, 6.45) is 7.90. The first kappa shape index (κ1) is 16.6. The van der Waals surface area contributed by atoms with Crippen LogP contribution in [0.3, 0.4) is 0 Å². The minimum atomic E-state index is 0.140. The van der Waals surface area contributed by atoms with Crippen LogP contribution in [0.1, 0.15) is 37.8 Å². The Hall–Kier alpha value is -2.30. The molecule has 3 rings (SSSR count). The lowest BCUT2D eigenvalue weighted by atomic mass is 10.1. The number of ether oxygens (including phenoxy) is 1. The van der Waals surface area contributed by atoms with Gasteiger partial charge in [0.15, 0.2) is 0 Å². The van der Waals surface area contributed by atoms with Crippen LogP contribution in [-0.2, 0) is 4.79 Å². The highest BCUT2D eigenvalue weighted by Crippen LogP contribution is 2.21. The van der Waals surface area contributed by atoms with Crippen molar-refractivity contribution in [2.75, 3.05) is 13.1 Å². The van der Waals surface area contributed by atoms with Gasteiger partial charge in [0, 0.05) is 50.8 Å². The topological polar surface area (TPSA) is 47.4 Å². The predicted octanol–water partition coefficient (Wildman–Crippen LogP) is 3.21. The second-order valence-electron chi connectivity index (χ2n) is 6.58. The predicted molar refractivity (Wildman–Crippen MR) is 93.0 cm³/mol. The Morgan fingerprint density at radius 2 is 2.17 bits per heavy atom. The summed E-state index contributed by atoms with van der Waals surface area (Å²) in [7, 11) is 0. The van der Waals surface area contributed by atoms with Crippen molar-refractivity contribution in [1.29, 1.82) is 0 Å². The van der Waals surface area contributed by atoms with Crippen LogP contribution in [0.25, 0.3) is 0 Å². The molecule has 1 amide bonds. The lowest BCUT2D eigenvalue weighted by Crippen LogP contribution is -2.42. The van der Waals surface area contributed by atoms with Gasteiger partial charge in [0.1, 0.15) is 11.9 Å². The fraction of sp³-hybridized carbons (Fsp3) is 0.474. The summed E-state index contributed by atoms with van der Waals surface area (Å²) in [4.78, 5) is 18.5. The molecule has 0 spiro atoms. The largest absolute Gasteiger partial charge is 0.490 e. The number of rotatable bonds is 5. The average Bonchev–Trinajstić information content (AvgIpc) is 3.10. The molecular formula is C19H25N3O2. The molecule has 24 heavy (non-hydrogen) atoms. The quantitative estimate of drug-likeness (QED) is 0.847. The monoisotopic (exact) mass is 327 g/mol. The maximum atomic E-state index is 12.5. The van der Waals surface area contributed by atoms with Gasteiger partial charge in [-0.3, -0.25) is 4.79 Å². The zero-order valence-corrected chi connectivity index (χ0v) is 14.4. The van der Waals surface area contributed by atoms with Gasteiger partial charge in [-0.2, -0.15) is 0 Å². The highest BCUT2D eigenvalue weighted by molar-refractivity contribution is 5.76. The molecule has 1 atom stereocenters. The van der Waals surface area contributed by atoms with E-state index in [2.05, 4.69) is 24.0 Å². The van der Waals surface area contributed by atoms with E-state index in [0.717, 1.165) is 31.7 Å². The molecule has 1 fully saturated rings. The van der Waals surface area contributed by atoms with Crippen molar-refractivity contribution < 1.29 is 9.53 Å². The van der Waals surface area contributed by atoms with Crippen molar-refractivity contribution in [1.82, 2.24) is 14.5 Å². The number of benzene rings is 1. The number of nitrogens with zero attached hydrogens (tertiary/aromatic N) is 3. The Labute approximate surface area is 143 Å². The minimum absolute atomic E-state index is 0.140. The van der Waals surface area contributed by atoms with Crippen LogP contribution in [0.4, 0.5) is 0 Å². The number of imidazole rings is 1. The standard InChI is InChI=1S/C19H25N3O2/c1-15-4-3-5-18(12-15)24-17-6-9-21(10-7-17)19(23)13-16(2)22-11-8-20-14-22/h3-5,8,11-12,14,16-17H,6-7,9-10,13H2,1-2H3/t16-/m1/s1. The third-order valence-corrected chi connectivity index (χ3v) is 4.59. The van der Waals surface area contributed by atoms with E-state index in [1.54, 1.807) is 12.5 Å². The van der Waals surface area contributed by atoms with Gasteiger partial charge in [-0.05, 0) is 31.5 Å². The van der Waals surface area contributed by atoms with Gasteiger partial charge in [-0.1, -0.05) is 12.1 Å². The summed E-state index contributed by atoms with van der Waals surface area (Å²) in [5.41, 5.74) is 1.20. The fourth-order valence-corrected chi connectivity index (χ4v) is 3.12. The van der Waals surface area contributed by atoms with Crippen LogP contribution >= 0.6 is 0 Å². The molecule has 0 saturated carbocycles. The zero-order chi connectivity index (χ0) is 16.9. The summed E-state index contributed by atoms with van der Waals surface area (Å²) in [5, 5.41) is 0. The molecule has 0 radical (unpaired) electrons. The number of aromatic nitrogens is 2. The molecule has 5 nitrogen and oxygen atoms in total. The number of amides is 1. The number of hydrogen-bond donors (Lipinski definition) is 0. The first-order valence-electron chi connectivity index (χ1n) is 8.60. The summed E-state index contributed by atoms with van der Waals surface area (Å²) in [6.45, 7) is 5.65. The van der Waals surface area contributed by atoms with Gasteiger partial charge in [-0.15, -0.1) is 0 Å². The molecule has 1 aliphatic heterocycles. The van der Waals surface area contributed by atoms with Crippen LogP contribution in [0.15, 0.2) is 43.0 Å². The van der Waals surface area contributed by atoms with Crippen LogP contribution in [0.2, 0.25) is 0 Å². The Morgan fingerprint density at radius 1 is 1.38 bits per heavy atom. The van der Waals surface area contributed by atoms with E-state index in [0.29, 0.717) is 6.42 Å². The maximum Gasteiger partial charge on any atom is 0.224 e. The summed E-state index contributed by atoms with van der Waals surface area (Å²) in [6, 6.07) is 8.28. The molecule has 1 saturated heterocycles. The summed E-state index contributed by atoms with van der Waals surface area (Å²) >= 11 is 0. The Morgan fingerprint density at radius 3 is 2.83 bits per heavy atom. The molecular weight excluding hydrogens is 302 g/mol. The fourth-order valence-electron chi connectivity index (χ4n) is 3.12. The van der Waals surface area contributed by atoms with Crippen LogP contribution in [0.5, 0.6) is 5.75 Å². The second kappa shape index (κ2) is 7.51. The molecule has 5 heteroatoms. The molecule has 0 bridgehead atoms. The van der Waals surface area contributed by atoms with Gasteiger partial charge in [-0.25, -0.2) is 4.98 Å². The van der Waals surface area contributed by atoms with E-state index in [-0.39, 0.29) is 18.1 Å². The second-order valence-corrected chi connectivity index (χ2v) is 6.58. The molecule has 1 aromatic carbocycles. The van der Waals surface area contributed by atoms with Crippen LogP contribution < -0.4 is 4.74 Å². The van der Waals surface area contributed by atoms with Gasteiger partial charge >= 0.3 is 0 Å². The highest BCUT2D eigenvalue weighted by Gasteiger charge is 2.25. The van der Waals surface area contributed by atoms with Gasteiger partial charge < -0.3 is 14.2 Å². The molecule has 1 aliphatic rings. The van der Waals surface area contributed by atoms with Crippen molar-refractivity contribution in [3.8, 4) is 5.75 Å². The van der Waals surface area contributed by atoms with Crippen LogP contribution in [0, 0.1) is 6.92 Å². The average molecular weight is 327 g/mol. The van der Waals surface area contributed by atoms with Gasteiger partial charge in [0.05, 0.1) is 6.33 Å². The SMILES string of the molecule is Cc1cccc(OC2CCN(C(=O)C[C@@H](C)n3ccnc3)CC2)c1. The summed E-state index contributed by atoms with van der Waals surface area (Å²) < 4.78 is 8.03. The number of piperidine rings is 1. The molecule has 2 heterocycles. The number of carbonyl (C=O) groups excluding carboxylic acids is 1. The third-order valence-electron chi connectivity index (χ3n) is 4.59. The lowest BCUT2D eigenvalue weighted by molar-refractivity contribution is -0.133. The molecule has 0 unspecified atom stereocenters. The number of hydrogen-bond acceptors (Lipinski definition) is 3. The molecule has 0 aliphatic carbocycles. The van der Waals surface area contributed by atoms with E-state index in [4.69, 9.17) is 4.74 Å². The minimum Gasteiger partial charge on any atom is -0.490 e.